The lowest BCUT2D eigenvalue weighted by Gasteiger charge is -2.09. The number of hydrogen-bond acceptors (Lipinski definition) is 4. The summed E-state index contributed by atoms with van der Waals surface area (Å²) in [6.45, 7) is 1.09. The summed E-state index contributed by atoms with van der Waals surface area (Å²) >= 11 is 1.74. The van der Waals surface area contributed by atoms with Crippen LogP contribution in [0.4, 0.5) is 0 Å². The highest BCUT2D eigenvalue weighted by Crippen LogP contribution is 2.26. The minimum Gasteiger partial charge on any atom is -0.308 e. The van der Waals surface area contributed by atoms with E-state index >= 15 is 0 Å². The number of benzene rings is 1. The van der Waals surface area contributed by atoms with Crippen molar-refractivity contribution in [1.82, 2.24) is 20.1 Å². The quantitative estimate of drug-likeness (QED) is 0.870. The summed E-state index contributed by atoms with van der Waals surface area (Å²) in [5.41, 5.74) is 1.32. The van der Waals surface area contributed by atoms with Crippen LogP contribution in [-0.2, 0) is 12.8 Å². The van der Waals surface area contributed by atoms with Gasteiger partial charge in [0.05, 0.1) is 6.04 Å². The van der Waals surface area contributed by atoms with Crippen LogP contribution in [0.25, 0.3) is 0 Å². The fourth-order valence-corrected chi connectivity index (χ4v) is 3.26. The third-order valence-electron chi connectivity index (χ3n) is 3.45. The molecule has 0 radical (unpaired) electrons. The van der Waals surface area contributed by atoms with Crippen molar-refractivity contribution in [2.45, 2.75) is 29.8 Å². The largest absolute Gasteiger partial charge is 0.308 e. The predicted molar refractivity (Wildman–Crippen MR) is 77.0 cm³/mol. The Morgan fingerprint density at radius 2 is 2.16 bits per heavy atom. The second-order valence-corrected chi connectivity index (χ2v) is 5.77. The summed E-state index contributed by atoms with van der Waals surface area (Å²) in [4.78, 5) is 0. The normalized spacial score (nSPS) is 18.9. The van der Waals surface area contributed by atoms with E-state index in [-0.39, 0.29) is 0 Å². The monoisotopic (exact) mass is 274 g/mol. The van der Waals surface area contributed by atoms with Gasteiger partial charge in [0.2, 0.25) is 0 Å². The summed E-state index contributed by atoms with van der Waals surface area (Å²) in [6, 6.07) is 10.8. The molecule has 0 bridgehead atoms. The third-order valence-corrected chi connectivity index (χ3v) is 4.54. The highest BCUT2D eigenvalue weighted by atomic mass is 32.2. The molecule has 2 heterocycles. The summed E-state index contributed by atoms with van der Waals surface area (Å²) in [5.74, 6) is 2.00. The minimum atomic E-state index is 0.378. The number of aromatic nitrogens is 3. The molecule has 5 heteroatoms. The van der Waals surface area contributed by atoms with Crippen molar-refractivity contribution in [3.63, 3.8) is 0 Å². The zero-order valence-corrected chi connectivity index (χ0v) is 11.9. The maximum atomic E-state index is 4.34. The topological polar surface area (TPSA) is 42.7 Å². The molecule has 1 aromatic carbocycles. The Labute approximate surface area is 117 Å². The average molecular weight is 274 g/mol. The Balaban J connectivity index is 1.68. The van der Waals surface area contributed by atoms with Gasteiger partial charge in [-0.15, -0.1) is 10.2 Å². The molecular formula is C14H18N4S. The van der Waals surface area contributed by atoms with Gasteiger partial charge in [-0.05, 0) is 24.9 Å². The van der Waals surface area contributed by atoms with Crippen LogP contribution in [0.2, 0.25) is 0 Å². The molecule has 0 saturated carbocycles. The van der Waals surface area contributed by atoms with Gasteiger partial charge in [-0.25, -0.2) is 0 Å². The van der Waals surface area contributed by atoms with Gasteiger partial charge in [-0.2, -0.15) is 0 Å². The van der Waals surface area contributed by atoms with Crippen LogP contribution in [0.1, 0.15) is 30.3 Å². The fraction of sp³-hybridized carbons (Fsp3) is 0.429. The van der Waals surface area contributed by atoms with Crippen LogP contribution in [0, 0.1) is 0 Å². The Morgan fingerprint density at radius 1 is 1.32 bits per heavy atom. The Bertz CT molecular complexity index is 532. The van der Waals surface area contributed by atoms with Crippen molar-refractivity contribution in [3.05, 3.63) is 41.7 Å². The van der Waals surface area contributed by atoms with Gasteiger partial charge in [0.15, 0.2) is 11.0 Å². The van der Waals surface area contributed by atoms with Gasteiger partial charge in [0, 0.05) is 12.8 Å². The molecule has 0 amide bonds. The second kappa shape index (κ2) is 5.75. The molecule has 19 heavy (non-hydrogen) atoms. The molecule has 1 aliphatic rings. The highest BCUT2D eigenvalue weighted by molar-refractivity contribution is 7.98. The van der Waals surface area contributed by atoms with E-state index < -0.39 is 0 Å². The van der Waals surface area contributed by atoms with Crippen LogP contribution < -0.4 is 5.32 Å². The van der Waals surface area contributed by atoms with Gasteiger partial charge in [-0.1, -0.05) is 42.1 Å². The number of nitrogens with zero attached hydrogens (tertiary/aromatic N) is 3. The lowest BCUT2D eigenvalue weighted by molar-refractivity contribution is 0.569. The molecule has 1 fully saturated rings. The fourth-order valence-electron chi connectivity index (χ4n) is 2.38. The summed E-state index contributed by atoms with van der Waals surface area (Å²) in [6.07, 6.45) is 2.39. The van der Waals surface area contributed by atoms with Crippen molar-refractivity contribution in [3.8, 4) is 0 Å². The predicted octanol–water partition coefficient (Wildman–Crippen LogP) is 2.53. The van der Waals surface area contributed by atoms with Crippen molar-refractivity contribution in [2.75, 3.05) is 6.54 Å². The molecule has 0 spiro atoms. The molecule has 4 nitrogen and oxygen atoms in total. The first kappa shape index (κ1) is 12.7. The minimum absolute atomic E-state index is 0.378. The van der Waals surface area contributed by atoms with Crippen molar-refractivity contribution < 1.29 is 0 Å². The Hall–Kier alpha value is -1.33. The smallest absolute Gasteiger partial charge is 0.191 e. The standard InChI is InChI=1S/C14H18N4S/c1-18-13(12-8-5-9-15-12)16-17-14(18)19-10-11-6-3-2-4-7-11/h2-4,6-7,12,15H,5,8-10H2,1H3. The van der Waals surface area contributed by atoms with Gasteiger partial charge >= 0.3 is 0 Å². The molecular weight excluding hydrogens is 256 g/mol. The third kappa shape index (κ3) is 2.82. The maximum absolute atomic E-state index is 4.34. The van der Waals surface area contributed by atoms with E-state index in [0.717, 1.165) is 29.7 Å². The lowest BCUT2D eigenvalue weighted by atomic mass is 10.2. The molecule has 1 atom stereocenters. The van der Waals surface area contributed by atoms with Crippen molar-refractivity contribution in [1.29, 1.82) is 0 Å². The van der Waals surface area contributed by atoms with E-state index in [1.807, 2.05) is 6.07 Å². The van der Waals surface area contributed by atoms with Crippen LogP contribution in [-0.4, -0.2) is 21.3 Å². The van der Waals surface area contributed by atoms with Gasteiger partial charge in [-0.3, -0.25) is 0 Å². The van der Waals surface area contributed by atoms with Gasteiger partial charge in [0.1, 0.15) is 0 Å². The van der Waals surface area contributed by atoms with E-state index in [1.165, 1.54) is 12.0 Å². The summed E-state index contributed by atoms with van der Waals surface area (Å²) in [7, 11) is 2.06. The highest BCUT2D eigenvalue weighted by Gasteiger charge is 2.22. The van der Waals surface area contributed by atoms with E-state index in [9.17, 15) is 0 Å². The molecule has 1 N–H and O–H groups in total. The summed E-state index contributed by atoms with van der Waals surface area (Å²) < 4.78 is 2.12. The second-order valence-electron chi connectivity index (χ2n) is 4.82. The SMILES string of the molecule is Cn1c(SCc2ccccc2)nnc1C1CCCN1. The van der Waals surface area contributed by atoms with Crippen LogP contribution >= 0.6 is 11.8 Å². The van der Waals surface area contributed by atoms with E-state index in [2.05, 4.69) is 51.4 Å². The van der Waals surface area contributed by atoms with Crippen LogP contribution in [0.5, 0.6) is 0 Å². The molecule has 1 aliphatic heterocycles. The molecule has 3 rings (SSSR count). The average Bonchev–Trinajstić information content (AvgIpc) is 3.07. The molecule has 0 aliphatic carbocycles. The number of thioether (sulfide) groups is 1. The molecule has 2 aromatic rings. The first-order valence-corrected chi connectivity index (χ1v) is 7.62. The van der Waals surface area contributed by atoms with Gasteiger partial charge < -0.3 is 9.88 Å². The first-order valence-electron chi connectivity index (χ1n) is 6.64. The number of nitrogens with one attached hydrogen (secondary N) is 1. The molecule has 1 unspecified atom stereocenters. The van der Waals surface area contributed by atoms with Crippen LogP contribution in [0.15, 0.2) is 35.5 Å². The lowest BCUT2D eigenvalue weighted by Crippen LogP contribution is -2.17. The van der Waals surface area contributed by atoms with E-state index in [1.54, 1.807) is 11.8 Å². The van der Waals surface area contributed by atoms with Crippen molar-refractivity contribution >= 4 is 11.8 Å². The first-order chi connectivity index (χ1) is 9.34. The Morgan fingerprint density at radius 3 is 2.89 bits per heavy atom. The zero-order valence-electron chi connectivity index (χ0n) is 11.0. The van der Waals surface area contributed by atoms with Gasteiger partial charge in [0.25, 0.3) is 0 Å². The number of hydrogen-bond donors (Lipinski definition) is 1. The van der Waals surface area contributed by atoms with E-state index in [0.29, 0.717) is 6.04 Å². The number of rotatable bonds is 4. The zero-order chi connectivity index (χ0) is 13.1. The maximum Gasteiger partial charge on any atom is 0.191 e. The molecule has 1 saturated heterocycles. The van der Waals surface area contributed by atoms with E-state index in [4.69, 9.17) is 0 Å². The van der Waals surface area contributed by atoms with Crippen molar-refractivity contribution in [2.24, 2.45) is 7.05 Å². The Kier molecular flexibility index (Phi) is 3.84. The molecule has 100 valence electrons. The van der Waals surface area contributed by atoms with Crippen LogP contribution in [0.3, 0.4) is 0 Å². The molecule has 1 aromatic heterocycles. The summed E-state index contributed by atoms with van der Waals surface area (Å²) in [5, 5.41) is 13.1.